The molecule has 2 heterocycles. The van der Waals surface area contributed by atoms with Gasteiger partial charge in [0.2, 0.25) is 5.91 Å². The first-order valence-electron chi connectivity index (χ1n) is 9.65. The SMILES string of the molecule is O=C(Nc1ccc(CC(=O)N2CCSCC2)cc1)c1cnn(-c2ccc(Cl)cc2)c1. The van der Waals surface area contributed by atoms with Gasteiger partial charge in [0.05, 0.1) is 23.9 Å². The van der Waals surface area contributed by atoms with E-state index in [-0.39, 0.29) is 11.8 Å². The molecule has 30 heavy (non-hydrogen) atoms. The third-order valence-corrected chi connectivity index (χ3v) is 6.06. The van der Waals surface area contributed by atoms with Crippen LogP contribution in [0.15, 0.2) is 60.9 Å². The zero-order chi connectivity index (χ0) is 20.9. The van der Waals surface area contributed by atoms with Crippen LogP contribution in [0.4, 0.5) is 5.69 Å². The summed E-state index contributed by atoms with van der Waals surface area (Å²) >= 11 is 7.79. The number of nitrogens with zero attached hydrogens (tertiary/aromatic N) is 3. The number of amides is 2. The van der Waals surface area contributed by atoms with Crippen molar-refractivity contribution in [3.8, 4) is 5.69 Å². The van der Waals surface area contributed by atoms with Gasteiger partial charge in [0.15, 0.2) is 0 Å². The summed E-state index contributed by atoms with van der Waals surface area (Å²) in [5.74, 6) is 1.92. The molecule has 0 aliphatic carbocycles. The maximum Gasteiger partial charge on any atom is 0.258 e. The fourth-order valence-corrected chi connectivity index (χ4v) is 4.21. The van der Waals surface area contributed by atoms with E-state index in [9.17, 15) is 9.59 Å². The minimum absolute atomic E-state index is 0.154. The van der Waals surface area contributed by atoms with Crippen molar-refractivity contribution in [2.24, 2.45) is 0 Å². The molecule has 0 bridgehead atoms. The molecule has 1 aliphatic rings. The van der Waals surface area contributed by atoms with Crippen LogP contribution in [0.2, 0.25) is 5.02 Å². The second-order valence-electron chi connectivity index (χ2n) is 6.97. The van der Waals surface area contributed by atoms with Crippen LogP contribution in [0.1, 0.15) is 15.9 Å². The lowest BCUT2D eigenvalue weighted by atomic mass is 10.1. The molecule has 1 fully saturated rings. The van der Waals surface area contributed by atoms with Crippen LogP contribution in [0.25, 0.3) is 5.69 Å². The maximum absolute atomic E-state index is 12.5. The molecule has 8 heteroatoms. The Morgan fingerprint density at radius 2 is 1.73 bits per heavy atom. The smallest absolute Gasteiger partial charge is 0.258 e. The quantitative estimate of drug-likeness (QED) is 0.653. The van der Waals surface area contributed by atoms with Gasteiger partial charge >= 0.3 is 0 Å². The molecule has 154 valence electrons. The molecule has 1 N–H and O–H groups in total. The summed E-state index contributed by atoms with van der Waals surface area (Å²) in [6.45, 7) is 1.64. The van der Waals surface area contributed by atoms with Crippen molar-refractivity contribution in [3.05, 3.63) is 77.1 Å². The van der Waals surface area contributed by atoms with Gasteiger partial charge in [0.25, 0.3) is 5.91 Å². The van der Waals surface area contributed by atoms with Crippen molar-refractivity contribution in [3.63, 3.8) is 0 Å². The first-order valence-corrected chi connectivity index (χ1v) is 11.2. The highest BCUT2D eigenvalue weighted by molar-refractivity contribution is 7.99. The zero-order valence-electron chi connectivity index (χ0n) is 16.3. The van der Waals surface area contributed by atoms with Gasteiger partial charge in [-0.05, 0) is 42.0 Å². The second-order valence-corrected chi connectivity index (χ2v) is 8.63. The zero-order valence-corrected chi connectivity index (χ0v) is 17.8. The molecule has 0 atom stereocenters. The summed E-state index contributed by atoms with van der Waals surface area (Å²) in [5, 5.41) is 7.75. The molecular weight excluding hydrogens is 420 g/mol. The van der Waals surface area contributed by atoms with E-state index in [1.807, 2.05) is 53.1 Å². The Kier molecular flexibility index (Phi) is 6.40. The number of hydrogen-bond donors (Lipinski definition) is 1. The van der Waals surface area contributed by atoms with Crippen molar-refractivity contribution in [2.45, 2.75) is 6.42 Å². The number of carbonyl (C=O) groups is 2. The number of anilines is 1. The fourth-order valence-electron chi connectivity index (χ4n) is 3.18. The largest absolute Gasteiger partial charge is 0.341 e. The minimum atomic E-state index is -0.246. The molecular formula is C22H21ClN4O2S. The van der Waals surface area contributed by atoms with Gasteiger partial charge in [-0.3, -0.25) is 9.59 Å². The van der Waals surface area contributed by atoms with E-state index < -0.39 is 0 Å². The third kappa shape index (κ3) is 5.04. The van der Waals surface area contributed by atoms with Crippen molar-refractivity contribution >= 4 is 40.9 Å². The van der Waals surface area contributed by atoms with Crippen LogP contribution >= 0.6 is 23.4 Å². The van der Waals surface area contributed by atoms with Crippen LogP contribution in [-0.4, -0.2) is 51.1 Å². The Hall–Kier alpha value is -2.77. The number of hydrogen-bond acceptors (Lipinski definition) is 4. The van der Waals surface area contributed by atoms with Crippen LogP contribution in [-0.2, 0) is 11.2 Å². The monoisotopic (exact) mass is 440 g/mol. The fraction of sp³-hybridized carbons (Fsp3) is 0.227. The average molecular weight is 441 g/mol. The number of benzene rings is 2. The lowest BCUT2D eigenvalue weighted by molar-refractivity contribution is -0.130. The molecule has 2 amide bonds. The number of thioether (sulfide) groups is 1. The van der Waals surface area contributed by atoms with Gasteiger partial charge in [-0.2, -0.15) is 16.9 Å². The van der Waals surface area contributed by atoms with Gasteiger partial charge in [-0.15, -0.1) is 0 Å². The summed E-state index contributed by atoms with van der Waals surface area (Å²) in [6, 6.07) is 14.6. The molecule has 0 saturated carbocycles. The van der Waals surface area contributed by atoms with E-state index in [4.69, 9.17) is 11.6 Å². The van der Waals surface area contributed by atoms with Crippen LogP contribution in [0, 0.1) is 0 Å². The number of rotatable bonds is 5. The van der Waals surface area contributed by atoms with E-state index in [1.165, 1.54) is 6.20 Å². The standard InChI is InChI=1S/C22H21ClN4O2S/c23-18-3-7-20(8-4-18)27-15-17(14-24-27)22(29)25-19-5-1-16(2-6-19)13-21(28)26-9-11-30-12-10-26/h1-8,14-15H,9-13H2,(H,25,29). The number of halogens is 1. The molecule has 1 aromatic heterocycles. The lowest BCUT2D eigenvalue weighted by Gasteiger charge is -2.26. The normalized spacial score (nSPS) is 13.8. The molecule has 4 rings (SSSR count). The second kappa shape index (κ2) is 9.36. The molecule has 1 aliphatic heterocycles. The van der Waals surface area contributed by atoms with Crippen molar-refractivity contribution in [1.82, 2.24) is 14.7 Å². The van der Waals surface area contributed by atoms with E-state index in [1.54, 1.807) is 23.0 Å². The summed E-state index contributed by atoms with van der Waals surface area (Å²) in [5.41, 5.74) is 2.88. The summed E-state index contributed by atoms with van der Waals surface area (Å²) in [6.07, 6.45) is 3.57. The predicted octanol–water partition coefficient (Wildman–Crippen LogP) is 3.90. The van der Waals surface area contributed by atoms with Crippen LogP contribution in [0.3, 0.4) is 0 Å². The Morgan fingerprint density at radius 3 is 2.43 bits per heavy atom. The average Bonchev–Trinajstić information content (AvgIpc) is 3.27. The summed E-state index contributed by atoms with van der Waals surface area (Å²) in [7, 11) is 0. The van der Waals surface area contributed by atoms with Gasteiger partial charge in [0.1, 0.15) is 0 Å². The van der Waals surface area contributed by atoms with Gasteiger partial charge in [-0.25, -0.2) is 4.68 Å². The Morgan fingerprint density at radius 1 is 1.03 bits per heavy atom. The minimum Gasteiger partial charge on any atom is -0.341 e. The maximum atomic E-state index is 12.5. The molecule has 0 spiro atoms. The van der Waals surface area contributed by atoms with Gasteiger partial charge in [-0.1, -0.05) is 23.7 Å². The molecule has 6 nitrogen and oxygen atoms in total. The van der Waals surface area contributed by atoms with Crippen molar-refractivity contribution < 1.29 is 9.59 Å². The topological polar surface area (TPSA) is 67.2 Å². The Bertz CT molecular complexity index is 1030. The van der Waals surface area contributed by atoms with E-state index in [2.05, 4.69) is 10.4 Å². The van der Waals surface area contributed by atoms with E-state index in [0.29, 0.717) is 22.7 Å². The van der Waals surface area contributed by atoms with Crippen LogP contribution in [0.5, 0.6) is 0 Å². The molecule has 1 saturated heterocycles. The van der Waals surface area contributed by atoms with Gasteiger partial charge < -0.3 is 10.2 Å². The van der Waals surface area contributed by atoms with Crippen LogP contribution < -0.4 is 5.32 Å². The molecule has 3 aromatic rings. The Balaban J connectivity index is 1.35. The summed E-state index contributed by atoms with van der Waals surface area (Å²) < 4.78 is 1.62. The lowest BCUT2D eigenvalue weighted by Crippen LogP contribution is -2.38. The first kappa shape index (κ1) is 20.5. The number of carbonyl (C=O) groups excluding carboxylic acids is 2. The highest BCUT2D eigenvalue weighted by Crippen LogP contribution is 2.16. The van der Waals surface area contributed by atoms with E-state index >= 15 is 0 Å². The number of nitrogens with one attached hydrogen (secondary N) is 1. The van der Waals surface area contributed by atoms with E-state index in [0.717, 1.165) is 35.8 Å². The third-order valence-electron chi connectivity index (χ3n) is 4.87. The summed E-state index contributed by atoms with van der Waals surface area (Å²) in [4.78, 5) is 26.8. The Labute approximate surface area is 184 Å². The highest BCUT2D eigenvalue weighted by Gasteiger charge is 2.17. The van der Waals surface area contributed by atoms with Crippen molar-refractivity contribution in [2.75, 3.05) is 29.9 Å². The first-order chi connectivity index (χ1) is 14.6. The highest BCUT2D eigenvalue weighted by atomic mass is 35.5. The number of aromatic nitrogens is 2. The van der Waals surface area contributed by atoms with Crippen molar-refractivity contribution in [1.29, 1.82) is 0 Å². The molecule has 0 radical (unpaired) electrons. The van der Waals surface area contributed by atoms with Gasteiger partial charge in [0, 0.05) is 41.5 Å². The predicted molar refractivity (Wildman–Crippen MR) is 121 cm³/mol. The molecule has 2 aromatic carbocycles. The molecule has 0 unspecified atom stereocenters.